The fourth-order valence-corrected chi connectivity index (χ4v) is 1.98. The number of halogens is 1. The molecule has 0 nitrogen and oxygen atoms in total. The third-order valence-corrected chi connectivity index (χ3v) is 2.68. The first-order valence-corrected chi connectivity index (χ1v) is 5.34. The van der Waals surface area contributed by atoms with Gasteiger partial charge >= 0.3 is 0 Å². The summed E-state index contributed by atoms with van der Waals surface area (Å²) in [6.07, 6.45) is 0. The minimum Gasteiger partial charge on any atom is -0.0955 e. The first-order valence-electron chi connectivity index (χ1n) is 3.70. The van der Waals surface area contributed by atoms with Gasteiger partial charge in [0.2, 0.25) is 0 Å². The van der Waals surface area contributed by atoms with Crippen LogP contribution in [0.4, 0.5) is 0 Å². The molecule has 0 N–H and O–H groups in total. The lowest BCUT2D eigenvalue weighted by Crippen LogP contribution is -1.83. The maximum atomic E-state index is 5.72. The molecule has 2 heteroatoms. The summed E-state index contributed by atoms with van der Waals surface area (Å²) in [5.74, 6) is 0. The lowest BCUT2D eigenvalue weighted by Gasteiger charge is -2.05. The van der Waals surface area contributed by atoms with Crippen LogP contribution in [0.3, 0.4) is 0 Å². The van der Waals surface area contributed by atoms with Crippen molar-refractivity contribution in [2.75, 3.05) is 0 Å². The van der Waals surface area contributed by atoms with Gasteiger partial charge in [-0.3, -0.25) is 0 Å². The molecule has 1 aromatic rings. The van der Waals surface area contributed by atoms with E-state index < -0.39 is 0 Å². The van der Waals surface area contributed by atoms with Crippen LogP contribution < -0.4 is 0 Å². The van der Waals surface area contributed by atoms with Crippen LogP contribution in [0.1, 0.15) is 18.1 Å². The molecule has 12 heavy (non-hydrogen) atoms. The van der Waals surface area contributed by atoms with Gasteiger partial charge in [0.05, 0.1) is 0 Å². The average molecular weight is 199 g/mol. The minimum atomic E-state index is 1.05. The minimum absolute atomic E-state index is 1.05. The predicted molar refractivity (Wildman–Crippen MR) is 57.6 cm³/mol. The number of hydrogen-bond acceptors (Lipinski definition) is 1. The van der Waals surface area contributed by atoms with Gasteiger partial charge in [0, 0.05) is 4.90 Å². The zero-order valence-electron chi connectivity index (χ0n) is 7.23. The maximum absolute atomic E-state index is 5.72. The number of hydrogen-bond donors (Lipinski definition) is 0. The van der Waals surface area contributed by atoms with Gasteiger partial charge in [-0.15, -0.1) is 0 Å². The normalized spacial score (nSPS) is 9.92. The van der Waals surface area contributed by atoms with Crippen molar-refractivity contribution in [3.05, 3.63) is 35.9 Å². The number of aryl methyl sites for hydroxylation is 1. The summed E-state index contributed by atoms with van der Waals surface area (Å²) in [7, 11) is 6.97. The Morgan fingerprint density at radius 3 is 2.67 bits per heavy atom. The van der Waals surface area contributed by atoms with Gasteiger partial charge < -0.3 is 0 Å². The third kappa shape index (κ3) is 2.05. The van der Waals surface area contributed by atoms with E-state index in [0.29, 0.717) is 0 Å². The molecule has 0 fully saturated rings. The van der Waals surface area contributed by atoms with Crippen molar-refractivity contribution in [2.45, 2.75) is 18.7 Å². The van der Waals surface area contributed by atoms with Crippen molar-refractivity contribution < 1.29 is 0 Å². The van der Waals surface area contributed by atoms with Gasteiger partial charge in [0.15, 0.2) is 0 Å². The predicted octanol–water partition coefficient (Wildman–Crippen LogP) is 4.27. The molecular weight excluding hydrogens is 188 g/mol. The Bertz CT molecular complexity index is 305. The van der Waals surface area contributed by atoms with Gasteiger partial charge in [0.1, 0.15) is 0 Å². The van der Waals surface area contributed by atoms with Crippen LogP contribution in [-0.2, 0) is 0 Å². The summed E-state index contributed by atoms with van der Waals surface area (Å²) in [4.78, 5) is 1.09. The van der Waals surface area contributed by atoms with E-state index in [1.807, 2.05) is 6.92 Å². The molecule has 0 bridgehead atoms. The largest absolute Gasteiger partial charge is 0.0955 e. The molecule has 0 spiro atoms. The average Bonchev–Trinajstić information content (AvgIpc) is 2.03. The summed E-state index contributed by atoms with van der Waals surface area (Å²) < 4.78 is 0. The molecule has 0 aliphatic carbocycles. The van der Waals surface area contributed by atoms with Crippen LogP contribution in [-0.4, -0.2) is 0 Å². The molecule has 0 atom stereocenters. The summed E-state index contributed by atoms with van der Waals surface area (Å²) >= 11 is 0. The highest BCUT2D eigenvalue weighted by molar-refractivity contribution is 8.21. The maximum Gasteiger partial charge on any atom is 0.0310 e. The van der Waals surface area contributed by atoms with Crippen LogP contribution in [0.2, 0.25) is 0 Å². The fourth-order valence-electron chi connectivity index (χ4n) is 1.05. The van der Waals surface area contributed by atoms with Gasteiger partial charge in [-0.2, -0.15) is 0 Å². The molecule has 0 heterocycles. The van der Waals surface area contributed by atoms with E-state index in [4.69, 9.17) is 10.7 Å². The molecule has 0 saturated carbocycles. The molecular formula is C10H11ClS. The Morgan fingerprint density at radius 1 is 1.50 bits per heavy atom. The van der Waals surface area contributed by atoms with Gasteiger partial charge in [-0.25, -0.2) is 0 Å². The van der Waals surface area contributed by atoms with E-state index in [9.17, 15) is 0 Å². The first kappa shape index (κ1) is 9.69. The monoisotopic (exact) mass is 198 g/mol. The van der Waals surface area contributed by atoms with E-state index in [1.165, 1.54) is 16.5 Å². The van der Waals surface area contributed by atoms with E-state index >= 15 is 0 Å². The highest BCUT2D eigenvalue weighted by Gasteiger charge is 2.02. The molecule has 0 radical (unpaired) electrons. The fraction of sp³-hybridized carbons (Fsp3) is 0.200. The second-order valence-corrected chi connectivity index (χ2v) is 3.91. The Labute approximate surface area is 82.1 Å². The second kappa shape index (κ2) is 4.01. The number of benzene rings is 1. The standard InChI is InChI=1S/C10H11ClS/c1-7(2)9-5-4-8(3)6-10(9)12-11/h4-6H,1H2,2-3H3. The van der Waals surface area contributed by atoms with Gasteiger partial charge in [-0.1, -0.05) is 18.7 Å². The van der Waals surface area contributed by atoms with Crippen molar-refractivity contribution in [3.63, 3.8) is 0 Å². The Balaban J connectivity index is 3.20. The molecule has 0 saturated heterocycles. The summed E-state index contributed by atoms with van der Waals surface area (Å²) in [5.41, 5.74) is 3.42. The molecule has 0 aliphatic heterocycles. The smallest absolute Gasteiger partial charge is 0.0310 e. The lowest BCUT2D eigenvalue weighted by molar-refractivity contribution is 1.33. The van der Waals surface area contributed by atoms with Gasteiger partial charge in [0.25, 0.3) is 0 Å². The SMILES string of the molecule is C=C(C)c1ccc(C)cc1SCl. The summed E-state index contributed by atoms with van der Waals surface area (Å²) in [5, 5.41) is 0. The zero-order chi connectivity index (χ0) is 9.14. The topological polar surface area (TPSA) is 0 Å². The molecule has 0 amide bonds. The van der Waals surface area contributed by atoms with Crippen LogP contribution in [0.25, 0.3) is 5.57 Å². The first-order chi connectivity index (χ1) is 5.65. The number of rotatable bonds is 2. The Morgan fingerprint density at radius 2 is 2.17 bits per heavy atom. The molecule has 0 aliphatic rings. The van der Waals surface area contributed by atoms with Crippen molar-refractivity contribution >= 4 is 27.2 Å². The van der Waals surface area contributed by atoms with E-state index in [-0.39, 0.29) is 0 Å². The van der Waals surface area contributed by atoms with Crippen LogP contribution >= 0.6 is 21.7 Å². The quantitative estimate of drug-likeness (QED) is 0.684. The molecule has 0 aromatic heterocycles. The molecule has 0 unspecified atom stereocenters. The number of allylic oxidation sites excluding steroid dienone is 1. The lowest BCUT2D eigenvalue weighted by atomic mass is 10.1. The highest BCUT2D eigenvalue weighted by atomic mass is 35.7. The summed E-state index contributed by atoms with van der Waals surface area (Å²) in [6, 6.07) is 6.20. The summed E-state index contributed by atoms with van der Waals surface area (Å²) in [6.45, 7) is 7.93. The van der Waals surface area contributed by atoms with Crippen molar-refractivity contribution in [1.29, 1.82) is 0 Å². The van der Waals surface area contributed by atoms with Gasteiger partial charge in [-0.05, 0) is 58.3 Å². The van der Waals surface area contributed by atoms with E-state index in [2.05, 4.69) is 31.7 Å². The van der Waals surface area contributed by atoms with Crippen LogP contribution in [0, 0.1) is 6.92 Å². The molecule has 1 aromatic carbocycles. The third-order valence-electron chi connectivity index (χ3n) is 1.68. The molecule has 1 rings (SSSR count). The van der Waals surface area contributed by atoms with Crippen LogP contribution in [0.15, 0.2) is 29.7 Å². The van der Waals surface area contributed by atoms with E-state index in [0.717, 1.165) is 16.0 Å². The highest BCUT2D eigenvalue weighted by Crippen LogP contribution is 2.30. The van der Waals surface area contributed by atoms with E-state index in [1.54, 1.807) is 0 Å². The second-order valence-electron chi connectivity index (χ2n) is 2.86. The Hall–Kier alpha value is -0.400. The zero-order valence-corrected chi connectivity index (χ0v) is 8.80. The molecule has 64 valence electrons. The van der Waals surface area contributed by atoms with Crippen molar-refractivity contribution in [2.24, 2.45) is 0 Å². The van der Waals surface area contributed by atoms with Crippen molar-refractivity contribution in [1.82, 2.24) is 0 Å². The van der Waals surface area contributed by atoms with Crippen molar-refractivity contribution in [3.8, 4) is 0 Å². The Kier molecular flexibility index (Phi) is 3.24. The van der Waals surface area contributed by atoms with Crippen LogP contribution in [0.5, 0.6) is 0 Å².